The lowest BCUT2D eigenvalue weighted by Crippen LogP contribution is -2.11. The molecule has 1 heteroatoms. The van der Waals surface area contributed by atoms with E-state index in [4.69, 9.17) is 0 Å². The molecule has 1 nitrogen and oxygen atoms in total. The van der Waals surface area contributed by atoms with Gasteiger partial charge in [0.1, 0.15) is 5.78 Å². The van der Waals surface area contributed by atoms with Crippen LogP contribution < -0.4 is 0 Å². The molecule has 0 aromatic carbocycles. The molecular weight excluding hydrogens is 208 g/mol. The number of carbonyl (C=O) groups is 1. The molecule has 100 valence electrons. The van der Waals surface area contributed by atoms with Gasteiger partial charge in [-0.25, -0.2) is 0 Å². The van der Waals surface area contributed by atoms with E-state index in [-0.39, 0.29) is 0 Å². The van der Waals surface area contributed by atoms with Crippen LogP contribution in [0.25, 0.3) is 0 Å². The number of Topliss-reactive ketones (excluding diaryl/α,β-unsaturated/α-hetero) is 1. The average Bonchev–Trinajstić information content (AvgIpc) is 2.63. The summed E-state index contributed by atoms with van der Waals surface area (Å²) in [6, 6.07) is 0. The van der Waals surface area contributed by atoms with E-state index in [0.717, 1.165) is 19.3 Å². The van der Waals surface area contributed by atoms with Gasteiger partial charge in [-0.3, -0.25) is 4.79 Å². The van der Waals surface area contributed by atoms with Crippen molar-refractivity contribution in [2.75, 3.05) is 0 Å². The predicted octanol–water partition coefficient (Wildman–Crippen LogP) is 5.28. The molecule has 1 aliphatic carbocycles. The van der Waals surface area contributed by atoms with Gasteiger partial charge in [0.25, 0.3) is 0 Å². The summed E-state index contributed by atoms with van der Waals surface area (Å²) in [7, 11) is 0. The molecule has 1 unspecified atom stereocenters. The van der Waals surface area contributed by atoms with Gasteiger partial charge >= 0.3 is 0 Å². The molecule has 1 fully saturated rings. The van der Waals surface area contributed by atoms with Crippen LogP contribution in [0.5, 0.6) is 0 Å². The van der Waals surface area contributed by atoms with Crippen LogP contribution in [0.15, 0.2) is 0 Å². The Labute approximate surface area is 107 Å². The van der Waals surface area contributed by atoms with Crippen molar-refractivity contribution in [3.05, 3.63) is 0 Å². The van der Waals surface area contributed by atoms with Gasteiger partial charge in [0.05, 0.1) is 0 Å². The van der Waals surface area contributed by atoms with Crippen molar-refractivity contribution >= 4 is 5.78 Å². The zero-order valence-corrected chi connectivity index (χ0v) is 11.9. The van der Waals surface area contributed by atoms with Crippen LogP contribution in [0.3, 0.4) is 0 Å². The molecule has 0 N–H and O–H groups in total. The Morgan fingerprint density at radius 1 is 1.00 bits per heavy atom. The molecule has 0 aliphatic heterocycles. The fourth-order valence-electron chi connectivity index (χ4n) is 2.99. The van der Waals surface area contributed by atoms with E-state index < -0.39 is 0 Å². The summed E-state index contributed by atoms with van der Waals surface area (Å²) in [5, 5.41) is 0. The molecule has 1 aliphatic rings. The minimum Gasteiger partial charge on any atom is -0.300 e. The quantitative estimate of drug-likeness (QED) is 0.500. The molecule has 1 saturated carbocycles. The van der Waals surface area contributed by atoms with Crippen LogP contribution in [0.4, 0.5) is 0 Å². The van der Waals surface area contributed by atoms with Crippen LogP contribution in [0.2, 0.25) is 0 Å². The second-order valence-electron chi connectivity index (χ2n) is 6.25. The molecule has 0 heterocycles. The molecule has 0 aromatic rings. The molecule has 0 saturated heterocycles. The number of hydrogen-bond acceptors (Lipinski definition) is 1. The normalized spacial score (nSPS) is 24.5. The third-order valence-corrected chi connectivity index (χ3v) is 4.27. The number of hydrogen-bond donors (Lipinski definition) is 0. The second kappa shape index (κ2) is 7.89. The molecule has 0 bridgehead atoms. The number of ketones is 1. The van der Waals surface area contributed by atoms with Crippen molar-refractivity contribution in [1.82, 2.24) is 0 Å². The minimum absolute atomic E-state index is 0.360. The van der Waals surface area contributed by atoms with Crippen LogP contribution in [-0.2, 0) is 4.79 Å². The maximum Gasteiger partial charge on any atom is 0.133 e. The summed E-state index contributed by atoms with van der Waals surface area (Å²) < 4.78 is 0. The SMILES string of the molecule is CCCCCCCCCCC1(C)CCC(=O)C1. The molecular formula is C16H30O. The highest BCUT2D eigenvalue weighted by atomic mass is 16.1. The first-order valence-electron chi connectivity index (χ1n) is 7.68. The molecule has 1 atom stereocenters. The Morgan fingerprint density at radius 3 is 2.12 bits per heavy atom. The Hall–Kier alpha value is -0.330. The van der Waals surface area contributed by atoms with Crippen molar-refractivity contribution in [3.8, 4) is 0 Å². The fourth-order valence-corrected chi connectivity index (χ4v) is 2.99. The van der Waals surface area contributed by atoms with Crippen molar-refractivity contribution in [2.45, 2.75) is 90.9 Å². The summed E-state index contributed by atoms with van der Waals surface area (Å²) in [6.07, 6.45) is 15.2. The largest absolute Gasteiger partial charge is 0.300 e. The highest BCUT2D eigenvalue weighted by Gasteiger charge is 2.32. The van der Waals surface area contributed by atoms with Crippen LogP contribution >= 0.6 is 0 Å². The zero-order valence-electron chi connectivity index (χ0n) is 11.9. The van der Waals surface area contributed by atoms with Crippen molar-refractivity contribution in [1.29, 1.82) is 0 Å². The third-order valence-electron chi connectivity index (χ3n) is 4.27. The first kappa shape index (κ1) is 14.7. The van der Waals surface area contributed by atoms with E-state index in [1.54, 1.807) is 0 Å². The second-order valence-corrected chi connectivity index (χ2v) is 6.25. The van der Waals surface area contributed by atoms with E-state index >= 15 is 0 Å². The van der Waals surface area contributed by atoms with Gasteiger partial charge in [-0.05, 0) is 18.3 Å². The van der Waals surface area contributed by atoms with Crippen LogP contribution in [-0.4, -0.2) is 5.78 Å². The minimum atomic E-state index is 0.360. The number of rotatable bonds is 9. The van der Waals surface area contributed by atoms with Crippen LogP contribution in [0, 0.1) is 5.41 Å². The standard InChI is InChI=1S/C16H30O/c1-3-4-5-6-7-8-9-10-12-16(2)13-11-15(17)14-16/h3-14H2,1-2H3. The Morgan fingerprint density at radius 2 is 1.59 bits per heavy atom. The van der Waals surface area contributed by atoms with Gasteiger partial charge in [-0.2, -0.15) is 0 Å². The molecule has 0 amide bonds. The summed E-state index contributed by atoms with van der Waals surface area (Å²) in [5.74, 6) is 0.493. The highest BCUT2D eigenvalue weighted by Crippen LogP contribution is 2.39. The third kappa shape index (κ3) is 6.24. The molecule has 0 aromatic heterocycles. The Balaban J connectivity index is 1.92. The van der Waals surface area contributed by atoms with Gasteiger partial charge < -0.3 is 0 Å². The highest BCUT2D eigenvalue weighted by molar-refractivity contribution is 5.81. The first-order chi connectivity index (χ1) is 8.16. The lowest BCUT2D eigenvalue weighted by molar-refractivity contribution is -0.118. The summed E-state index contributed by atoms with van der Waals surface area (Å²) >= 11 is 0. The van der Waals surface area contributed by atoms with Crippen molar-refractivity contribution in [2.24, 2.45) is 5.41 Å². The lowest BCUT2D eigenvalue weighted by atomic mass is 9.83. The van der Waals surface area contributed by atoms with Gasteiger partial charge in [0.15, 0.2) is 0 Å². The summed E-state index contributed by atoms with van der Waals surface area (Å²) in [5.41, 5.74) is 0.360. The van der Waals surface area contributed by atoms with Crippen LogP contribution in [0.1, 0.15) is 90.9 Å². The van der Waals surface area contributed by atoms with E-state index in [9.17, 15) is 4.79 Å². The molecule has 17 heavy (non-hydrogen) atoms. The number of unbranched alkanes of at least 4 members (excludes halogenated alkanes) is 7. The fraction of sp³-hybridized carbons (Fsp3) is 0.938. The maximum atomic E-state index is 11.3. The number of carbonyl (C=O) groups excluding carboxylic acids is 1. The summed E-state index contributed by atoms with van der Waals surface area (Å²) in [4.78, 5) is 11.3. The van der Waals surface area contributed by atoms with Gasteiger partial charge in [0.2, 0.25) is 0 Å². The zero-order chi connectivity index (χ0) is 12.6. The van der Waals surface area contributed by atoms with Crippen molar-refractivity contribution < 1.29 is 4.79 Å². The Kier molecular flexibility index (Phi) is 6.84. The van der Waals surface area contributed by atoms with Gasteiger partial charge in [-0.15, -0.1) is 0 Å². The smallest absolute Gasteiger partial charge is 0.133 e. The molecule has 0 spiro atoms. The maximum absolute atomic E-state index is 11.3. The van der Waals surface area contributed by atoms with E-state index in [2.05, 4.69) is 13.8 Å². The van der Waals surface area contributed by atoms with Crippen molar-refractivity contribution in [3.63, 3.8) is 0 Å². The predicted molar refractivity (Wildman–Crippen MR) is 74.2 cm³/mol. The molecule has 1 rings (SSSR count). The topological polar surface area (TPSA) is 17.1 Å². The Bertz CT molecular complexity index is 222. The average molecular weight is 238 g/mol. The van der Waals surface area contributed by atoms with E-state index in [1.807, 2.05) is 0 Å². The van der Waals surface area contributed by atoms with E-state index in [1.165, 1.54) is 57.8 Å². The monoisotopic (exact) mass is 238 g/mol. The first-order valence-corrected chi connectivity index (χ1v) is 7.68. The summed E-state index contributed by atoms with van der Waals surface area (Å²) in [6.45, 7) is 4.57. The van der Waals surface area contributed by atoms with Gasteiger partial charge in [0, 0.05) is 12.8 Å². The van der Waals surface area contributed by atoms with Gasteiger partial charge in [-0.1, -0.05) is 65.2 Å². The van der Waals surface area contributed by atoms with E-state index in [0.29, 0.717) is 11.2 Å². The lowest BCUT2D eigenvalue weighted by Gasteiger charge is -2.22. The molecule has 0 radical (unpaired) electrons.